The third-order valence-electron chi connectivity index (χ3n) is 3.14. The average Bonchev–Trinajstić information content (AvgIpc) is 2.66. The number of non-ortho nitro benzene ring substituents is 1. The summed E-state index contributed by atoms with van der Waals surface area (Å²) in [7, 11) is 1.50. The van der Waals surface area contributed by atoms with Gasteiger partial charge in [-0.05, 0) is 36.4 Å². The van der Waals surface area contributed by atoms with Gasteiger partial charge in [0.15, 0.2) is 0 Å². The Hall–Kier alpha value is -3.59. The molecule has 27 heavy (non-hydrogen) atoms. The van der Waals surface area contributed by atoms with Gasteiger partial charge in [0.1, 0.15) is 16.5 Å². The lowest BCUT2D eigenvalue weighted by Gasteiger charge is -2.08. The number of methoxy groups -OCH3 is 1. The van der Waals surface area contributed by atoms with Crippen LogP contribution in [0.5, 0.6) is 11.5 Å². The Bertz CT molecular complexity index is 879. The fourth-order valence-corrected chi connectivity index (χ4v) is 2.00. The lowest BCUT2D eigenvalue weighted by Crippen LogP contribution is -2.10. The molecule has 2 N–H and O–H groups in total. The van der Waals surface area contributed by atoms with E-state index in [9.17, 15) is 20.0 Å². The molecule has 0 saturated heterocycles. The third-order valence-corrected chi connectivity index (χ3v) is 3.41. The number of aliphatic carboxylic acids is 1. The molecule has 10 heteroatoms. The number of nitrogens with one attached hydrogen (secondary N) is 1. The van der Waals surface area contributed by atoms with Crippen LogP contribution in [-0.4, -0.2) is 29.3 Å². The summed E-state index contributed by atoms with van der Waals surface area (Å²) in [5.74, 6) is -1.06. The molecule has 0 atom stereocenters. The lowest BCUT2D eigenvalue weighted by atomic mass is 10.3. The van der Waals surface area contributed by atoms with Gasteiger partial charge in [-0.2, -0.15) is 5.10 Å². The molecule has 0 saturated carbocycles. The molecule has 0 aliphatic rings. The molecular weight excluding hydrogens is 378 g/mol. The number of hydrazone groups is 1. The van der Waals surface area contributed by atoms with Crippen LogP contribution in [0.15, 0.2) is 64.4 Å². The molecule has 0 fully saturated rings. The summed E-state index contributed by atoms with van der Waals surface area (Å²) in [6.07, 6.45) is 1.05. The first-order valence-corrected chi connectivity index (χ1v) is 7.77. The molecule has 0 bridgehead atoms. The van der Waals surface area contributed by atoms with E-state index in [4.69, 9.17) is 21.1 Å². The number of halogens is 1. The van der Waals surface area contributed by atoms with E-state index in [1.54, 1.807) is 12.1 Å². The molecular formula is C17H14ClN3O6. The zero-order valence-electron chi connectivity index (χ0n) is 14.0. The van der Waals surface area contributed by atoms with Crippen LogP contribution in [0.3, 0.4) is 0 Å². The van der Waals surface area contributed by atoms with Crippen molar-refractivity contribution in [3.05, 3.63) is 69.4 Å². The fraction of sp³-hybridized carbons (Fsp3) is 0.0588. The second kappa shape index (κ2) is 9.20. The van der Waals surface area contributed by atoms with E-state index < -0.39 is 16.7 Å². The highest BCUT2D eigenvalue weighted by Gasteiger charge is 2.15. The number of hydrogen-bond acceptors (Lipinski definition) is 7. The maximum absolute atomic E-state index is 11.4. The van der Waals surface area contributed by atoms with Crippen molar-refractivity contribution in [2.45, 2.75) is 0 Å². The molecule has 2 aromatic rings. The number of allylic oxidation sites excluding steroid dienone is 1. The molecule has 0 unspecified atom stereocenters. The predicted octanol–water partition coefficient (Wildman–Crippen LogP) is 3.62. The summed E-state index contributed by atoms with van der Waals surface area (Å²) in [6, 6.07) is 11.7. The minimum Gasteiger partial charge on any atom is -0.497 e. The van der Waals surface area contributed by atoms with Crippen molar-refractivity contribution in [2.24, 2.45) is 5.10 Å². The van der Waals surface area contributed by atoms with Gasteiger partial charge >= 0.3 is 5.97 Å². The van der Waals surface area contributed by atoms with Crippen LogP contribution in [0, 0.1) is 10.1 Å². The van der Waals surface area contributed by atoms with Crippen molar-refractivity contribution >= 4 is 35.2 Å². The molecule has 0 heterocycles. The van der Waals surface area contributed by atoms with Gasteiger partial charge in [-0.1, -0.05) is 11.6 Å². The van der Waals surface area contributed by atoms with Gasteiger partial charge in [-0.3, -0.25) is 15.5 Å². The van der Waals surface area contributed by atoms with E-state index in [0.29, 0.717) is 11.4 Å². The number of nitrogens with zero attached hydrogens (tertiary/aromatic N) is 2. The number of carbonyl (C=O) groups is 1. The summed E-state index contributed by atoms with van der Waals surface area (Å²) in [5.41, 5.74) is 2.96. The van der Waals surface area contributed by atoms with E-state index in [0.717, 1.165) is 6.21 Å². The van der Waals surface area contributed by atoms with Gasteiger partial charge in [-0.25, -0.2) is 4.79 Å². The minimum atomic E-state index is -1.38. The van der Waals surface area contributed by atoms with Gasteiger partial charge in [0.05, 0.1) is 23.9 Å². The number of hydrogen-bond donors (Lipinski definition) is 2. The highest BCUT2D eigenvalue weighted by molar-refractivity contribution is 6.41. The number of nitro groups is 1. The van der Waals surface area contributed by atoms with Crippen LogP contribution < -0.4 is 14.9 Å². The Labute approximate surface area is 158 Å². The average molecular weight is 392 g/mol. The van der Waals surface area contributed by atoms with Gasteiger partial charge in [0.2, 0.25) is 5.76 Å². The van der Waals surface area contributed by atoms with Crippen molar-refractivity contribution in [1.29, 1.82) is 0 Å². The molecule has 2 rings (SSSR count). The van der Waals surface area contributed by atoms with Gasteiger partial charge < -0.3 is 14.6 Å². The number of carboxylic acid groups (broad SMARTS) is 1. The maximum atomic E-state index is 11.4. The van der Waals surface area contributed by atoms with E-state index >= 15 is 0 Å². The van der Waals surface area contributed by atoms with E-state index in [1.807, 2.05) is 0 Å². The molecule has 0 aliphatic heterocycles. The second-order valence-corrected chi connectivity index (χ2v) is 5.34. The van der Waals surface area contributed by atoms with Crippen LogP contribution in [0.25, 0.3) is 0 Å². The van der Waals surface area contributed by atoms with Crippen molar-refractivity contribution in [2.75, 3.05) is 12.5 Å². The number of carboxylic acids is 1. The first-order valence-electron chi connectivity index (χ1n) is 7.39. The Morgan fingerprint density at radius 1 is 1.19 bits per heavy atom. The Morgan fingerprint density at radius 3 is 2.30 bits per heavy atom. The van der Waals surface area contributed by atoms with Crippen molar-refractivity contribution in [1.82, 2.24) is 0 Å². The largest absolute Gasteiger partial charge is 0.497 e. The summed E-state index contributed by atoms with van der Waals surface area (Å²) in [5, 5.41) is 23.4. The predicted molar refractivity (Wildman–Crippen MR) is 99.3 cm³/mol. The number of nitro benzene ring substituents is 1. The topological polar surface area (TPSA) is 123 Å². The Kier molecular flexibility index (Phi) is 6.73. The Morgan fingerprint density at radius 2 is 1.78 bits per heavy atom. The summed E-state index contributed by atoms with van der Waals surface area (Å²) < 4.78 is 10.3. The number of benzene rings is 2. The van der Waals surface area contributed by atoms with Gasteiger partial charge in [0.25, 0.3) is 5.69 Å². The normalized spacial score (nSPS) is 11.6. The second-order valence-electron chi connectivity index (χ2n) is 4.93. The van der Waals surface area contributed by atoms with Crippen LogP contribution in [0.4, 0.5) is 11.4 Å². The molecule has 0 amide bonds. The van der Waals surface area contributed by atoms with Crippen molar-refractivity contribution in [3.63, 3.8) is 0 Å². The molecule has 0 spiro atoms. The summed E-state index contributed by atoms with van der Waals surface area (Å²) >= 11 is 5.95. The van der Waals surface area contributed by atoms with Crippen LogP contribution in [-0.2, 0) is 4.79 Å². The highest BCUT2D eigenvalue weighted by Crippen LogP contribution is 2.21. The van der Waals surface area contributed by atoms with E-state index in [2.05, 4.69) is 10.5 Å². The summed E-state index contributed by atoms with van der Waals surface area (Å²) in [4.78, 5) is 21.4. The molecule has 0 aliphatic carbocycles. The fourth-order valence-electron chi connectivity index (χ4n) is 1.84. The van der Waals surface area contributed by atoms with E-state index in [1.165, 1.54) is 43.5 Å². The van der Waals surface area contributed by atoms with Crippen molar-refractivity contribution in [3.8, 4) is 11.5 Å². The number of rotatable bonds is 8. The van der Waals surface area contributed by atoms with Crippen LogP contribution in [0.1, 0.15) is 0 Å². The minimum absolute atomic E-state index is 0.0662. The molecule has 0 radical (unpaired) electrons. The Balaban J connectivity index is 2.09. The van der Waals surface area contributed by atoms with Gasteiger partial charge in [-0.15, -0.1) is 0 Å². The molecule has 0 aromatic heterocycles. The third kappa shape index (κ3) is 5.72. The smallest absolute Gasteiger partial charge is 0.373 e. The quantitative estimate of drug-likeness (QED) is 0.231. The maximum Gasteiger partial charge on any atom is 0.373 e. The molecule has 140 valence electrons. The first-order chi connectivity index (χ1) is 12.9. The first kappa shape index (κ1) is 19.7. The number of anilines is 1. The molecule has 2 aromatic carbocycles. The zero-order valence-corrected chi connectivity index (χ0v) is 14.7. The van der Waals surface area contributed by atoms with Crippen molar-refractivity contribution < 1.29 is 24.3 Å². The van der Waals surface area contributed by atoms with Crippen LogP contribution in [0.2, 0.25) is 0 Å². The standard InChI is InChI=1S/C17H14ClN3O6/c1-26-13-6-8-14(9-7-13)27-16(17(22)23)15(18)10-19-20-11-2-4-12(5-3-11)21(24)25/h2-10,20H,1H3,(H,22,23). The van der Waals surface area contributed by atoms with Gasteiger partial charge in [0, 0.05) is 12.1 Å². The lowest BCUT2D eigenvalue weighted by molar-refractivity contribution is -0.384. The monoisotopic (exact) mass is 391 g/mol. The van der Waals surface area contributed by atoms with E-state index in [-0.39, 0.29) is 16.5 Å². The zero-order chi connectivity index (χ0) is 19.8. The SMILES string of the molecule is COc1ccc(OC(C(=O)O)=C(Cl)C=NNc2ccc([N+](=O)[O-])cc2)cc1. The number of ether oxygens (including phenoxy) is 2. The molecule has 9 nitrogen and oxygen atoms in total. The van der Waals surface area contributed by atoms with Crippen LogP contribution >= 0.6 is 11.6 Å². The highest BCUT2D eigenvalue weighted by atomic mass is 35.5. The summed E-state index contributed by atoms with van der Waals surface area (Å²) in [6.45, 7) is 0.